The van der Waals surface area contributed by atoms with E-state index in [9.17, 15) is 9.90 Å². The third-order valence-electron chi connectivity index (χ3n) is 3.09. The molecule has 0 saturated carbocycles. The summed E-state index contributed by atoms with van der Waals surface area (Å²) in [7, 11) is 0. The van der Waals surface area contributed by atoms with Gasteiger partial charge in [-0.05, 0) is 57.7 Å². The van der Waals surface area contributed by atoms with Gasteiger partial charge in [0.1, 0.15) is 5.75 Å². The lowest BCUT2D eigenvalue weighted by Crippen LogP contribution is -1.96. The van der Waals surface area contributed by atoms with Crippen molar-refractivity contribution in [3.63, 3.8) is 0 Å². The van der Waals surface area contributed by atoms with Crippen LogP contribution in [0.15, 0.2) is 41.5 Å². The second-order valence-corrected chi connectivity index (χ2v) is 5.22. The summed E-state index contributed by atoms with van der Waals surface area (Å²) in [5.41, 5.74) is 3.44. The zero-order valence-electron chi connectivity index (χ0n) is 12.3. The molecule has 0 unspecified atom stereocenters. The Bertz CT molecular complexity index is 535. The molecule has 108 valence electrons. The number of carboxylic acids is 1. The normalized spacial score (nSPS) is 11.2. The molecule has 0 aliphatic carbocycles. The molecule has 0 fully saturated rings. The Labute approximate surface area is 120 Å². The smallest absolute Gasteiger partial charge is 0.335 e. The van der Waals surface area contributed by atoms with Gasteiger partial charge in [0.25, 0.3) is 0 Å². The molecule has 0 heterocycles. The van der Waals surface area contributed by atoms with Crippen molar-refractivity contribution in [2.75, 3.05) is 0 Å². The molecular weight excluding hydrogens is 252 g/mol. The summed E-state index contributed by atoms with van der Waals surface area (Å²) in [5.74, 6) is -0.987. The number of aromatic hydroxyl groups is 1. The number of allylic oxidation sites excluding steroid dienone is 4. The first-order chi connectivity index (χ1) is 9.40. The van der Waals surface area contributed by atoms with Gasteiger partial charge in [0.05, 0.1) is 5.56 Å². The molecule has 20 heavy (non-hydrogen) atoms. The van der Waals surface area contributed by atoms with Gasteiger partial charge in [-0.2, -0.15) is 0 Å². The van der Waals surface area contributed by atoms with Gasteiger partial charge in [-0.25, -0.2) is 4.79 Å². The highest BCUT2D eigenvalue weighted by molar-refractivity contribution is 5.88. The quantitative estimate of drug-likeness (QED) is 0.759. The first kappa shape index (κ1) is 16.0. The maximum absolute atomic E-state index is 10.8. The minimum atomic E-state index is -1.03. The Balaban J connectivity index is 2.65. The zero-order chi connectivity index (χ0) is 15.1. The van der Waals surface area contributed by atoms with E-state index in [0.29, 0.717) is 6.42 Å². The minimum absolute atomic E-state index is 0.0400. The molecule has 0 aliphatic heterocycles. The van der Waals surface area contributed by atoms with Gasteiger partial charge >= 0.3 is 5.97 Å². The van der Waals surface area contributed by atoms with Gasteiger partial charge < -0.3 is 10.2 Å². The van der Waals surface area contributed by atoms with Gasteiger partial charge in [-0.3, -0.25) is 0 Å². The van der Waals surface area contributed by atoms with E-state index in [0.717, 1.165) is 18.4 Å². The number of phenolic OH excluding ortho intramolecular Hbond substituents is 1. The lowest BCUT2D eigenvalue weighted by atomic mass is 10.0. The molecule has 2 N–H and O–H groups in total. The molecule has 0 spiro atoms. The predicted molar refractivity (Wildman–Crippen MR) is 81.2 cm³/mol. The molecule has 0 aromatic heterocycles. The fourth-order valence-electron chi connectivity index (χ4n) is 1.84. The highest BCUT2D eigenvalue weighted by atomic mass is 16.4. The summed E-state index contributed by atoms with van der Waals surface area (Å²) >= 11 is 0. The highest BCUT2D eigenvalue weighted by Gasteiger charge is 2.06. The number of rotatable bonds is 6. The fourth-order valence-corrected chi connectivity index (χ4v) is 1.84. The van der Waals surface area contributed by atoms with E-state index in [1.54, 1.807) is 6.07 Å². The number of aromatic carboxylic acids is 1. The van der Waals surface area contributed by atoms with Crippen LogP contribution in [0.5, 0.6) is 5.75 Å². The second-order valence-electron chi connectivity index (χ2n) is 5.22. The van der Waals surface area contributed by atoms with Crippen molar-refractivity contribution < 1.29 is 15.0 Å². The maximum Gasteiger partial charge on any atom is 0.335 e. The lowest BCUT2D eigenvalue weighted by molar-refractivity contribution is 0.0696. The summed E-state index contributed by atoms with van der Waals surface area (Å²) < 4.78 is 0. The molecule has 3 heteroatoms. The Morgan fingerprint density at radius 2 is 1.90 bits per heavy atom. The van der Waals surface area contributed by atoms with E-state index < -0.39 is 5.97 Å². The maximum atomic E-state index is 10.8. The summed E-state index contributed by atoms with van der Waals surface area (Å²) in [6.45, 7) is 6.24. The molecular formula is C17H22O3. The minimum Gasteiger partial charge on any atom is -0.508 e. The number of benzene rings is 1. The molecule has 0 radical (unpaired) electrons. The van der Waals surface area contributed by atoms with Gasteiger partial charge in [0.15, 0.2) is 0 Å². The van der Waals surface area contributed by atoms with Crippen LogP contribution < -0.4 is 0 Å². The van der Waals surface area contributed by atoms with Gasteiger partial charge in [-0.1, -0.05) is 29.4 Å². The van der Waals surface area contributed by atoms with E-state index in [-0.39, 0.29) is 11.3 Å². The van der Waals surface area contributed by atoms with Crippen molar-refractivity contribution in [1.82, 2.24) is 0 Å². The van der Waals surface area contributed by atoms with Gasteiger partial charge in [0.2, 0.25) is 0 Å². The van der Waals surface area contributed by atoms with Crippen LogP contribution in [-0.2, 0) is 6.42 Å². The Kier molecular flexibility index (Phi) is 6.04. The van der Waals surface area contributed by atoms with Crippen molar-refractivity contribution in [2.45, 2.75) is 40.0 Å². The van der Waals surface area contributed by atoms with E-state index in [4.69, 9.17) is 5.11 Å². The van der Waals surface area contributed by atoms with E-state index in [2.05, 4.69) is 32.9 Å². The van der Waals surface area contributed by atoms with Crippen LogP contribution in [0.3, 0.4) is 0 Å². The molecule has 0 atom stereocenters. The molecule has 1 aromatic carbocycles. The van der Waals surface area contributed by atoms with Crippen molar-refractivity contribution in [1.29, 1.82) is 0 Å². The Hall–Kier alpha value is -2.03. The number of hydrogen-bond acceptors (Lipinski definition) is 2. The monoisotopic (exact) mass is 274 g/mol. The van der Waals surface area contributed by atoms with Crippen LogP contribution in [0.25, 0.3) is 0 Å². The van der Waals surface area contributed by atoms with Gasteiger partial charge in [-0.15, -0.1) is 0 Å². The average Bonchev–Trinajstić information content (AvgIpc) is 2.36. The Morgan fingerprint density at radius 3 is 2.45 bits per heavy atom. The second kappa shape index (κ2) is 7.53. The zero-order valence-corrected chi connectivity index (χ0v) is 12.3. The summed E-state index contributed by atoms with van der Waals surface area (Å²) in [6.07, 6.45) is 6.92. The lowest BCUT2D eigenvalue weighted by Gasteiger charge is -2.04. The fraction of sp³-hybridized carbons (Fsp3) is 0.353. The van der Waals surface area contributed by atoms with Crippen LogP contribution in [-0.4, -0.2) is 16.2 Å². The third kappa shape index (κ3) is 5.31. The number of phenols is 1. The van der Waals surface area contributed by atoms with Gasteiger partial charge in [0, 0.05) is 0 Å². The van der Waals surface area contributed by atoms with Crippen molar-refractivity contribution >= 4 is 5.97 Å². The van der Waals surface area contributed by atoms with Crippen LogP contribution in [0, 0.1) is 0 Å². The molecule has 1 aromatic rings. The van der Waals surface area contributed by atoms with Crippen LogP contribution in [0.1, 0.15) is 49.5 Å². The third-order valence-corrected chi connectivity index (χ3v) is 3.09. The average molecular weight is 274 g/mol. The largest absolute Gasteiger partial charge is 0.508 e. The summed E-state index contributed by atoms with van der Waals surface area (Å²) in [5, 5.41) is 18.6. The molecule has 0 aliphatic rings. The molecule has 0 amide bonds. The number of carbonyl (C=O) groups is 1. The van der Waals surface area contributed by atoms with Crippen molar-refractivity contribution in [3.05, 3.63) is 52.6 Å². The van der Waals surface area contributed by atoms with E-state index >= 15 is 0 Å². The first-order valence-corrected chi connectivity index (χ1v) is 6.74. The van der Waals surface area contributed by atoms with Crippen molar-refractivity contribution in [2.24, 2.45) is 0 Å². The van der Waals surface area contributed by atoms with E-state index in [1.165, 1.54) is 23.3 Å². The standard InChI is InChI=1S/C17H22O3/c1-12(2)5-4-6-13(3)7-8-14-9-10-15(17(19)20)11-16(14)18/h5,7,9-11,18H,4,6,8H2,1-3H3,(H,19,20)/b13-7+. The highest BCUT2D eigenvalue weighted by Crippen LogP contribution is 2.20. The predicted octanol–water partition coefficient (Wildman–Crippen LogP) is 4.33. The Morgan fingerprint density at radius 1 is 1.20 bits per heavy atom. The summed E-state index contributed by atoms with van der Waals surface area (Å²) in [6, 6.07) is 4.48. The number of carboxylic acid groups (broad SMARTS) is 1. The molecule has 3 nitrogen and oxygen atoms in total. The topological polar surface area (TPSA) is 57.5 Å². The van der Waals surface area contributed by atoms with Crippen LogP contribution in [0.2, 0.25) is 0 Å². The molecule has 0 bridgehead atoms. The number of hydrogen-bond donors (Lipinski definition) is 2. The van der Waals surface area contributed by atoms with E-state index in [1.807, 2.05) is 0 Å². The van der Waals surface area contributed by atoms with Crippen molar-refractivity contribution in [3.8, 4) is 5.75 Å². The molecule has 1 rings (SSSR count). The SMILES string of the molecule is CC(C)=CCC/C(C)=C/Cc1ccc(C(=O)O)cc1O. The molecule has 0 saturated heterocycles. The van der Waals surface area contributed by atoms with Crippen LogP contribution >= 0.6 is 0 Å². The van der Waals surface area contributed by atoms with Crippen LogP contribution in [0.4, 0.5) is 0 Å². The first-order valence-electron chi connectivity index (χ1n) is 6.74. The summed E-state index contributed by atoms with van der Waals surface area (Å²) in [4.78, 5) is 10.8.